The quantitative estimate of drug-likeness (QED) is 0.861. The minimum absolute atomic E-state index is 0.211. The van der Waals surface area contributed by atoms with Gasteiger partial charge in [-0.15, -0.1) is 0 Å². The van der Waals surface area contributed by atoms with Gasteiger partial charge in [0.15, 0.2) is 11.6 Å². The second-order valence-electron chi connectivity index (χ2n) is 4.03. The monoisotopic (exact) mass is 267 g/mol. The highest BCUT2D eigenvalue weighted by molar-refractivity contribution is 6.31. The summed E-state index contributed by atoms with van der Waals surface area (Å²) in [6.45, 7) is 2.11. The first-order valence-corrected chi connectivity index (χ1v) is 5.88. The van der Waals surface area contributed by atoms with E-state index in [0.717, 1.165) is 17.3 Å². The summed E-state index contributed by atoms with van der Waals surface area (Å²) in [6, 6.07) is 9.60. The Morgan fingerprint density at radius 2 is 1.94 bits per heavy atom. The lowest BCUT2D eigenvalue weighted by Crippen LogP contribution is -2.03. The third-order valence-corrected chi connectivity index (χ3v) is 3.09. The molecule has 18 heavy (non-hydrogen) atoms. The molecule has 0 aliphatic rings. The predicted molar refractivity (Wildman–Crippen MR) is 69.9 cm³/mol. The van der Waals surface area contributed by atoms with Gasteiger partial charge in [0.2, 0.25) is 0 Å². The fourth-order valence-corrected chi connectivity index (χ4v) is 1.77. The number of hydrogen-bond donors (Lipinski definition) is 1. The van der Waals surface area contributed by atoms with Crippen LogP contribution in [0, 0.1) is 18.6 Å². The molecule has 2 aromatic rings. The Kier molecular flexibility index (Phi) is 3.82. The Morgan fingerprint density at radius 1 is 1.17 bits per heavy atom. The van der Waals surface area contributed by atoms with Crippen molar-refractivity contribution in [3.63, 3.8) is 0 Å². The molecule has 1 nitrogen and oxygen atoms in total. The summed E-state index contributed by atoms with van der Waals surface area (Å²) >= 11 is 5.98. The Morgan fingerprint density at radius 3 is 2.67 bits per heavy atom. The van der Waals surface area contributed by atoms with Gasteiger partial charge in [0, 0.05) is 22.8 Å². The molecule has 0 heterocycles. The summed E-state index contributed by atoms with van der Waals surface area (Å²) in [7, 11) is 0. The Bertz CT molecular complexity index is 570. The summed E-state index contributed by atoms with van der Waals surface area (Å²) in [5, 5.41) is 3.64. The normalized spacial score (nSPS) is 10.4. The van der Waals surface area contributed by atoms with E-state index in [1.807, 2.05) is 19.1 Å². The van der Waals surface area contributed by atoms with Gasteiger partial charge >= 0.3 is 0 Å². The predicted octanol–water partition coefficient (Wildman–Crippen LogP) is 4.54. The Hall–Kier alpha value is -1.61. The zero-order valence-electron chi connectivity index (χ0n) is 9.81. The van der Waals surface area contributed by atoms with Crippen molar-refractivity contribution >= 4 is 17.3 Å². The molecule has 0 aliphatic carbocycles. The largest absolute Gasteiger partial charge is 0.381 e. The average molecular weight is 268 g/mol. The molecule has 94 valence electrons. The highest BCUT2D eigenvalue weighted by atomic mass is 35.5. The third kappa shape index (κ3) is 2.79. The van der Waals surface area contributed by atoms with Crippen molar-refractivity contribution in [2.75, 3.05) is 5.32 Å². The number of aryl methyl sites for hydroxylation is 1. The molecule has 0 aliphatic heterocycles. The number of benzene rings is 2. The van der Waals surface area contributed by atoms with Crippen LogP contribution in [0.1, 0.15) is 11.1 Å². The zero-order valence-corrected chi connectivity index (χ0v) is 10.6. The van der Waals surface area contributed by atoms with Crippen molar-refractivity contribution in [2.24, 2.45) is 0 Å². The van der Waals surface area contributed by atoms with Crippen LogP contribution < -0.4 is 5.32 Å². The molecule has 0 unspecified atom stereocenters. The van der Waals surface area contributed by atoms with Crippen LogP contribution in [0.4, 0.5) is 14.5 Å². The number of halogens is 3. The first-order chi connectivity index (χ1) is 8.58. The van der Waals surface area contributed by atoms with Gasteiger partial charge in [-0.25, -0.2) is 8.78 Å². The molecule has 2 aromatic carbocycles. The third-order valence-electron chi connectivity index (χ3n) is 2.69. The molecular formula is C14H12ClF2N. The summed E-state index contributed by atoms with van der Waals surface area (Å²) in [5.74, 6) is -1.65. The van der Waals surface area contributed by atoms with E-state index in [0.29, 0.717) is 5.02 Å². The zero-order chi connectivity index (χ0) is 13.1. The Balaban J connectivity index is 2.11. The summed E-state index contributed by atoms with van der Waals surface area (Å²) < 4.78 is 26.4. The lowest BCUT2D eigenvalue weighted by atomic mass is 10.2. The molecule has 0 aromatic heterocycles. The van der Waals surface area contributed by atoms with Crippen LogP contribution in [0.3, 0.4) is 0 Å². The van der Waals surface area contributed by atoms with Crippen LogP contribution in [0.5, 0.6) is 0 Å². The van der Waals surface area contributed by atoms with Crippen LogP contribution in [-0.2, 0) is 6.54 Å². The van der Waals surface area contributed by atoms with Crippen molar-refractivity contribution in [1.29, 1.82) is 0 Å². The number of rotatable bonds is 3. The number of nitrogens with one attached hydrogen (secondary N) is 1. The maximum atomic E-state index is 13.4. The molecule has 0 spiro atoms. The second-order valence-corrected chi connectivity index (χ2v) is 4.44. The van der Waals surface area contributed by atoms with E-state index in [1.165, 1.54) is 6.07 Å². The van der Waals surface area contributed by atoms with Gasteiger partial charge in [-0.1, -0.05) is 29.8 Å². The molecule has 0 radical (unpaired) electrons. The van der Waals surface area contributed by atoms with E-state index in [-0.39, 0.29) is 12.1 Å². The molecule has 4 heteroatoms. The van der Waals surface area contributed by atoms with E-state index in [1.54, 1.807) is 12.1 Å². The molecule has 1 N–H and O–H groups in total. The molecule has 2 rings (SSSR count). The van der Waals surface area contributed by atoms with E-state index in [9.17, 15) is 8.78 Å². The second kappa shape index (κ2) is 5.36. The first kappa shape index (κ1) is 12.8. The van der Waals surface area contributed by atoms with Crippen molar-refractivity contribution in [1.82, 2.24) is 0 Å². The molecule has 0 atom stereocenters. The highest BCUT2D eigenvalue weighted by Crippen LogP contribution is 2.21. The topological polar surface area (TPSA) is 12.0 Å². The van der Waals surface area contributed by atoms with E-state index < -0.39 is 11.6 Å². The minimum Gasteiger partial charge on any atom is -0.381 e. The molecule has 0 saturated heterocycles. The summed E-state index contributed by atoms with van der Waals surface area (Å²) in [4.78, 5) is 0. The molecule has 0 fully saturated rings. The van der Waals surface area contributed by atoms with E-state index in [2.05, 4.69) is 5.32 Å². The van der Waals surface area contributed by atoms with Gasteiger partial charge < -0.3 is 5.32 Å². The van der Waals surface area contributed by atoms with E-state index >= 15 is 0 Å². The maximum absolute atomic E-state index is 13.4. The van der Waals surface area contributed by atoms with Crippen molar-refractivity contribution in [2.45, 2.75) is 13.5 Å². The molecule has 0 saturated carbocycles. The van der Waals surface area contributed by atoms with E-state index in [4.69, 9.17) is 11.6 Å². The van der Waals surface area contributed by atoms with Gasteiger partial charge in [0.25, 0.3) is 0 Å². The van der Waals surface area contributed by atoms with Crippen molar-refractivity contribution in [3.8, 4) is 0 Å². The standard InChI is InChI=1S/C14H12ClF2N/c1-9-5-6-11(7-12(9)15)18-8-10-3-2-4-13(16)14(10)17/h2-7,18H,8H2,1H3. The first-order valence-electron chi connectivity index (χ1n) is 5.51. The number of hydrogen-bond acceptors (Lipinski definition) is 1. The lowest BCUT2D eigenvalue weighted by Gasteiger charge is -2.09. The minimum atomic E-state index is -0.837. The Labute approximate surface area is 109 Å². The molecule has 0 bridgehead atoms. The number of anilines is 1. The van der Waals surface area contributed by atoms with Gasteiger partial charge in [-0.2, -0.15) is 0 Å². The fourth-order valence-electron chi connectivity index (χ4n) is 1.59. The van der Waals surface area contributed by atoms with Gasteiger partial charge in [-0.05, 0) is 30.7 Å². The highest BCUT2D eigenvalue weighted by Gasteiger charge is 2.07. The van der Waals surface area contributed by atoms with Crippen LogP contribution in [-0.4, -0.2) is 0 Å². The maximum Gasteiger partial charge on any atom is 0.163 e. The van der Waals surface area contributed by atoms with Gasteiger partial charge in [0.05, 0.1) is 0 Å². The van der Waals surface area contributed by atoms with Crippen molar-refractivity contribution in [3.05, 3.63) is 64.2 Å². The smallest absolute Gasteiger partial charge is 0.163 e. The molecule has 0 amide bonds. The average Bonchev–Trinajstić information content (AvgIpc) is 2.35. The van der Waals surface area contributed by atoms with Crippen LogP contribution in [0.2, 0.25) is 5.02 Å². The van der Waals surface area contributed by atoms with Gasteiger partial charge in [-0.3, -0.25) is 0 Å². The van der Waals surface area contributed by atoms with Crippen LogP contribution in [0.25, 0.3) is 0 Å². The van der Waals surface area contributed by atoms with Crippen LogP contribution in [0.15, 0.2) is 36.4 Å². The van der Waals surface area contributed by atoms with Crippen LogP contribution >= 0.6 is 11.6 Å². The SMILES string of the molecule is Cc1ccc(NCc2cccc(F)c2F)cc1Cl. The summed E-state index contributed by atoms with van der Waals surface area (Å²) in [5.41, 5.74) is 2.03. The van der Waals surface area contributed by atoms with Crippen molar-refractivity contribution < 1.29 is 8.78 Å². The molecular weight excluding hydrogens is 256 g/mol. The summed E-state index contributed by atoms with van der Waals surface area (Å²) in [6.07, 6.45) is 0. The fraction of sp³-hybridized carbons (Fsp3) is 0.143. The van der Waals surface area contributed by atoms with Gasteiger partial charge in [0.1, 0.15) is 0 Å². The lowest BCUT2D eigenvalue weighted by molar-refractivity contribution is 0.500.